The smallest absolute Gasteiger partial charge is 0.274 e. The number of carbonyl (C=O) groups is 1. The van der Waals surface area contributed by atoms with E-state index in [0.717, 1.165) is 0 Å². The van der Waals surface area contributed by atoms with Crippen LogP contribution in [0.3, 0.4) is 0 Å². The molecule has 3 N–H and O–H groups in total. The van der Waals surface area contributed by atoms with Crippen LogP contribution < -0.4 is 10.2 Å². The summed E-state index contributed by atoms with van der Waals surface area (Å²) < 4.78 is 37.3. The molecule has 1 atom stereocenters. The molecule has 3 aromatic rings. The molecule has 8 nitrogen and oxygen atoms in total. The molecule has 0 fully saturated rings. The van der Waals surface area contributed by atoms with Crippen molar-refractivity contribution in [1.29, 1.82) is 0 Å². The number of amides is 1. The fraction of sp³-hybridized carbons (Fsp3) is 0.182. The number of pyridine rings is 1. The minimum atomic E-state index is -2.23. The average Bonchev–Trinajstić information content (AvgIpc) is 2.79. The minimum Gasteiger partial charge on any atom is -0.503 e. The fourth-order valence-electron chi connectivity index (χ4n) is 3.81. The summed E-state index contributed by atoms with van der Waals surface area (Å²) in [5.74, 6) is -1.77. The van der Waals surface area contributed by atoms with Gasteiger partial charge in [0.25, 0.3) is 5.91 Å². The Kier molecular flexibility index (Phi) is 6.61. The highest BCUT2D eigenvalue weighted by atomic mass is 35.5. The molecule has 0 spiro atoms. The topological polar surface area (TPSA) is 112 Å². The molecule has 11 heteroatoms. The van der Waals surface area contributed by atoms with Gasteiger partial charge in [0.15, 0.2) is 11.4 Å². The maximum Gasteiger partial charge on any atom is 0.274 e. The number of hydrogen-bond acceptors (Lipinski definition) is 4. The Morgan fingerprint density at radius 1 is 1.12 bits per heavy atom. The van der Waals surface area contributed by atoms with Crippen LogP contribution in [0.4, 0.5) is 4.39 Å². The first kappa shape index (κ1) is 23.1. The van der Waals surface area contributed by atoms with Crippen molar-refractivity contribution < 1.29 is 23.1 Å². The van der Waals surface area contributed by atoms with Crippen molar-refractivity contribution >= 4 is 28.8 Å². The van der Waals surface area contributed by atoms with Gasteiger partial charge >= 0.3 is 0 Å². The van der Waals surface area contributed by atoms with Crippen LogP contribution in [0.15, 0.2) is 53.5 Å². The molecule has 1 aliphatic heterocycles. The molecule has 33 heavy (non-hydrogen) atoms. The Bertz CT molecular complexity index is 1330. The third kappa shape index (κ3) is 4.69. The zero-order valence-electron chi connectivity index (χ0n) is 17.1. The molecule has 1 aliphatic rings. The highest BCUT2D eigenvalue weighted by Crippen LogP contribution is 2.28. The molecule has 0 radical (unpaired) electrons. The second kappa shape index (κ2) is 9.44. The van der Waals surface area contributed by atoms with Crippen LogP contribution in [0.25, 0.3) is 11.1 Å². The molecule has 0 saturated carbocycles. The van der Waals surface area contributed by atoms with E-state index in [-0.39, 0.29) is 29.4 Å². The maximum atomic E-state index is 13.4. The number of halogens is 2. The Balaban J connectivity index is 1.69. The van der Waals surface area contributed by atoms with Gasteiger partial charge in [-0.05, 0) is 28.8 Å². The molecule has 4 rings (SSSR count). The number of benzene rings is 2. The predicted molar refractivity (Wildman–Crippen MR) is 122 cm³/mol. The van der Waals surface area contributed by atoms with Crippen molar-refractivity contribution in [3.8, 4) is 16.9 Å². The Labute approximate surface area is 195 Å². The highest BCUT2D eigenvalue weighted by Gasteiger charge is 2.30. The van der Waals surface area contributed by atoms with Gasteiger partial charge in [0, 0.05) is 37.9 Å². The van der Waals surface area contributed by atoms with Crippen LogP contribution in [0.1, 0.15) is 21.6 Å². The standard InChI is InChI=1S/C22H19ClFN3O5S/c23-17-9-13(5-6-18(17)24)11-27-8-7-26-12-16(20(28)21(29)19(26)22(27)30)15-4-2-1-3-14(15)10-25-33(31)32/h1-6,9,12,25,29H,7-8,10-11H2,(H,31,32). The van der Waals surface area contributed by atoms with Crippen molar-refractivity contribution in [3.05, 3.63) is 86.5 Å². The molecule has 0 saturated heterocycles. The van der Waals surface area contributed by atoms with E-state index in [2.05, 4.69) is 4.72 Å². The van der Waals surface area contributed by atoms with Crippen molar-refractivity contribution in [2.24, 2.45) is 0 Å². The first-order valence-corrected chi connectivity index (χ1v) is 11.4. The number of carbonyl (C=O) groups excluding carboxylic acids is 1. The van der Waals surface area contributed by atoms with E-state index in [1.54, 1.807) is 24.3 Å². The third-order valence-electron chi connectivity index (χ3n) is 5.41. The van der Waals surface area contributed by atoms with Gasteiger partial charge in [0.1, 0.15) is 5.82 Å². The monoisotopic (exact) mass is 491 g/mol. The van der Waals surface area contributed by atoms with E-state index in [9.17, 15) is 23.3 Å². The number of nitrogens with zero attached hydrogens (tertiary/aromatic N) is 2. The van der Waals surface area contributed by atoms with Gasteiger partial charge in [-0.25, -0.2) is 13.3 Å². The second-order valence-electron chi connectivity index (χ2n) is 7.47. The molecule has 0 aliphatic carbocycles. The normalized spacial score (nSPS) is 14.3. The second-order valence-corrected chi connectivity index (χ2v) is 8.66. The Morgan fingerprint density at radius 2 is 1.88 bits per heavy atom. The van der Waals surface area contributed by atoms with Gasteiger partial charge < -0.3 is 14.6 Å². The van der Waals surface area contributed by atoms with Gasteiger partial charge in [-0.15, -0.1) is 0 Å². The first-order chi connectivity index (χ1) is 15.8. The summed E-state index contributed by atoms with van der Waals surface area (Å²) >= 11 is 3.59. The van der Waals surface area contributed by atoms with Crippen molar-refractivity contribution in [3.63, 3.8) is 0 Å². The number of nitrogens with one attached hydrogen (secondary N) is 1. The lowest BCUT2D eigenvalue weighted by Crippen LogP contribution is -2.41. The van der Waals surface area contributed by atoms with Crippen LogP contribution in [0.5, 0.6) is 5.75 Å². The summed E-state index contributed by atoms with van der Waals surface area (Å²) in [5.41, 5.74) is 0.984. The van der Waals surface area contributed by atoms with E-state index in [1.807, 2.05) is 0 Å². The van der Waals surface area contributed by atoms with Crippen molar-refractivity contribution in [2.75, 3.05) is 6.54 Å². The highest BCUT2D eigenvalue weighted by molar-refractivity contribution is 7.77. The Morgan fingerprint density at radius 3 is 2.61 bits per heavy atom. The summed E-state index contributed by atoms with van der Waals surface area (Å²) in [6, 6.07) is 10.9. The van der Waals surface area contributed by atoms with E-state index < -0.39 is 34.2 Å². The third-order valence-corrected chi connectivity index (χ3v) is 6.09. The quantitative estimate of drug-likeness (QED) is 0.459. The lowest BCUT2D eigenvalue weighted by atomic mass is 9.99. The van der Waals surface area contributed by atoms with Gasteiger partial charge in [-0.1, -0.05) is 41.9 Å². The number of aromatic nitrogens is 1. The van der Waals surface area contributed by atoms with Crippen LogP contribution in [-0.4, -0.2) is 35.8 Å². The molecule has 2 aromatic carbocycles. The number of rotatable bonds is 6. The zero-order valence-corrected chi connectivity index (χ0v) is 18.7. The fourth-order valence-corrected chi connectivity index (χ4v) is 4.29. The Hall–Kier alpha value is -3.05. The molecule has 1 amide bonds. The lowest BCUT2D eigenvalue weighted by Gasteiger charge is -2.31. The number of hydrogen-bond donors (Lipinski definition) is 3. The summed E-state index contributed by atoms with van der Waals surface area (Å²) in [4.78, 5) is 27.5. The van der Waals surface area contributed by atoms with E-state index in [0.29, 0.717) is 29.8 Å². The molecule has 172 valence electrons. The zero-order chi connectivity index (χ0) is 23.7. The van der Waals surface area contributed by atoms with Crippen molar-refractivity contribution in [1.82, 2.24) is 14.2 Å². The van der Waals surface area contributed by atoms with Gasteiger partial charge in [0.2, 0.25) is 16.7 Å². The van der Waals surface area contributed by atoms with E-state index in [4.69, 9.17) is 16.2 Å². The van der Waals surface area contributed by atoms with Crippen LogP contribution in [0, 0.1) is 5.82 Å². The average molecular weight is 492 g/mol. The van der Waals surface area contributed by atoms with E-state index in [1.165, 1.54) is 33.9 Å². The summed E-state index contributed by atoms with van der Waals surface area (Å²) in [6.45, 7) is 0.780. The molecule has 1 aromatic heterocycles. The van der Waals surface area contributed by atoms with Gasteiger partial charge in [-0.2, -0.15) is 0 Å². The minimum absolute atomic E-state index is 0.0220. The summed E-state index contributed by atoms with van der Waals surface area (Å²) in [5, 5.41) is 10.6. The molecule has 0 bridgehead atoms. The van der Waals surface area contributed by atoms with Crippen molar-refractivity contribution in [2.45, 2.75) is 19.6 Å². The largest absolute Gasteiger partial charge is 0.503 e. The van der Waals surface area contributed by atoms with Gasteiger partial charge in [0.05, 0.1) is 5.02 Å². The predicted octanol–water partition coefficient (Wildman–Crippen LogP) is 2.90. The van der Waals surface area contributed by atoms with Crippen LogP contribution in [-0.2, 0) is 30.9 Å². The first-order valence-electron chi connectivity index (χ1n) is 9.88. The molecular formula is C22H19ClFN3O5S. The number of aromatic hydroxyl groups is 1. The van der Waals surface area contributed by atoms with Gasteiger partial charge in [-0.3, -0.25) is 14.1 Å². The molecular weight excluding hydrogens is 473 g/mol. The maximum absolute atomic E-state index is 13.4. The van der Waals surface area contributed by atoms with Crippen LogP contribution >= 0.6 is 11.6 Å². The summed E-state index contributed by atoms with van der Waals surface area (Å²) in [7, 11) is 0. The lowest BCUT2D eigenvalue weighted by molar-refractivity contribution is 0.0683. The van der Waals surface area contributed by atoms with E-state index >= 15 is 0 Å². The molecule has 1 unspecified atom stereocenters. The summed E-state index contributed by atoms with van der Waals surface area (Å²) in [6.07, 6.45) is 1.51. The molecule has 2 heterocycles. The van der Waals surface area contributed by atoms with Crippen LogP contribution in [0.2, 0.25) is 5.02 Å². The number of fused-ring (bicyclic) bond motifs is 1. The SMILES string of the molecule is O=C1c2c(O)c(=O)c(-c3ccccc3CNS(=O)O)cn2CCN1Cc1ccc(F)c(Cl)c1.